The lowest BCUT2D eigenvalue weighted by molar-refractivity contribution is -0.151. The molecule has 6 atom stereocenters. The Hall–Kier alpha value is -1.38. The number of rotatable bonds is 4. The molecule has 0 radical (unpaired) electrons. The molecule has 0 aromatic carbocycles. The van der Waals surface area contributed by atoms with Gasteiger partial charge in [-0.05, 0) is 68.1 Å². The van der Waals surface area contributed by atoms with Gasteiger partial charge in [-0.3, -0.25) is 9.59 Å². The molecule has 3 fully saturated rings. The second kappa shape index (κ2) is 6.90. The lowest BCUT2D eigenvalue weighted by Gasteiger charge is -2.56. The van der Waals surface area contributed by atoms with Crippen molar-refractivity contribution in [1.29, 1.82) is 0 Å². The Morgan fingerprint density at radius 2 is 1.96 bits per heavy atom. The highest BCUT2D eigenvalue weighted by Crippen LogP contribution is 2.64. The van der Waals surface area contributed by atoms with E-state index in [2.05, 4.69) is 26.5 Å². The minimum Gasteiger partial charge on any atom is -0.462 e. The van der Waals surface area contributed by atoms with Crippen molar-refractivity contribution in [3.8, 4) is 0 Å². The van der Waals surface area contributed by atoms with Gasteiger partial charge in [-0.1, -0.05) is 31.6 Å². The lowest BCUT2D eigenvalue weighted by Crippen LogP contribution is -2.50. The zero-order chi connectivity index (χ0) is 19.2. The second-order valence-electron chi connectivity index (χ2n) is 9.86. The standard InChI is InChI=1S/C24H34O3/c1-4-5-6-22(26)27-17-11-13-23(2)16(15-17)7-8-18-19-9-10-21(25)24(19,3)14-12-20(18)23/h4,7,17-20H,1,5-6,8-15H2,2-3H3/t17-,18-,19-,20-,23-,24-/m0/s1. The summed E-state index contributed by atoms with van der Waals surface area (Å²) in [6.45, 7) is 8.36. The predicted molar refractivity (Wildman–Crippen MR) is 106 cm³/mol. The smallest absolute Gasteiger partial charge is 0.306 e. The molecule has 3 saturated carbocycles. The fourth-order valence-corrected chi connectivity index (χ4v) is 6.96. The van der Waals surface area contributed by atoms with Crippen LogP contribution >= 0.6 is 0 Å². The summed E-state index contributed by atoms with van der Waals surface area (Å²) in [5.74, 6) is 2.36. The van der Waals surface area contributed by atoms with E-state index < -0.39 is 0 Å². The van der Waals surface area contributed by atoms with Crippen molar-refractivity contribution in [2.75, 3.05) is 0 Å². The summed E-state index contributed by atoms with van der Waals surface area (Å²) < 4.78 is 5.75. The van der Waals surface area contributed by atoms with Crippen LogP contribution in [0.4, 0.5) is 0 Å². The van der Waals surface area contributed by atoms with E-state index in [0.29, 0.717) is 36.4 Å². The Morgan fingerprint density at radius 1 is 1.22 bits per heavy atom. The maximum Gasteiger partial charge on any atom is 0.306 e. The van der Waals surface area contributed by atoms with E-state index in [4.69, 9.17) is 4.74 Å². The molecule has 0 unspecified atom stereocenters. The molecule has 0 N–H and O–H groups in total. The molecule has 0 aromatic heterocycles. The summed E-state index contributed by atoms with van der Waals surface area (Å²) in [5.41, 5.74) is 1.70. The van der Waals surface area contributed by atoms with Crippen LogP contribution in [0.2, 0.25) is 0 Å². The van der Waals surface area contributed by atoms with Crippen LogP contribution in [0.1, 0.15) is 78.1 Å². The van der Waals surface area contributed by atoms with Gasteiger partial charge in [0.15, 0.2) is 0 Å². The van der Waals surface area contributed by atoms with Crippen LogP contribution in [0.3, 0.4) is 0 Å². The van der Waals surface area contributed by atoms with Crippen molar-refractivity contribution in [1.82, 2.24) is 0 Å². The third kappa shape index (κ3) is 3.02. The molecule has 4 aliphatic carbocycles. The van der Waals surface area contributed by atoms with Crippen molar-refractivity contribution < 1.29 is 14.3 Å². The van der Waals surface area contributed by atoms with Crippen LogP contribution in [0.25, 0.3) is 0 Å². The summed E-state index contributed by atoms with van der Waals surface area (Å²) in [4.78, 5) is 24.5. The number of hydrogen-bond acceptors (Lipinski definition) is 3. The third-order valence-corrected chi connectivity index (χ3v) is 8.62. The van der Waals surface area contributed by atoms with Crippen LogP contribution in [0.15, 0.2) is 24.3 Å². The van der Waals surface area contributed by atoms with Crippen molar-refractivity contribution in [2.24, 2.45) is 28.6 Å². The van der Waals surface area contributed by atoms with Crippen LogP contribution in [0.5, 0.6) is 0 Å². The number of carbonyl (C=O) groups excluding carboxylic acids is 2. The highest BCUT2D eigenvalue weighted by Gasteiger charge is 2.58. The molecule has 4 aliphatic rings. The second-order valence-corrected chi connectivity index (χ2v) is 9.86. The summed E-state index contributed by atoms with van der Waals surface area (Å²) in [6.07, 6.45) is 13.6. The Labute approximate surface area is 163 Å². The van der Waals surface area contributed by atoms with Gasteiger partial charge in [0.1, 0.15) is 11.9 Å². The van der Waals surface area contributed by atoms with Crippen LogP contribution < -0.4 is 0 Å². The average Bonchev–Trinajstić information content (AvgIpc) is 2.95. The zero-order valence-corrected chi connectivity index (χ0v) is 17.0. The van der Waals surface area contributed by atoms with E-state index in [1.807, 2.05) is 0 Å². The van der Waals surface area contributed by atoms with E-state index in [-0.39, 0.29) is 22.9 Å². The minimum atomic E-state index is -0.0873. The first kappa shape index (κ1) is 19.0. The molecular formula is C24H34O3. The first-order chi connectivity index (χ1) is 12.9. The van der Waals surface area contributed by atoms with Gasteiger partial charge in [-0.15, -0.1) is 6.58 Å². The molecule has 0 heterocycles. The van der Waals surface area contributed by atoms with Gasteiger partial charge in [-0.2, -0.15) is 0 Å². The summed E-state index contributed by atoms with van der Waals surface area (Å²) in [5, 5.41) is 0. The number of hydrogen-bond donors (Lipinski definition) is 0. The zero-order valence-electron chi connectivity index (χ0n) is 17.0. The Bertz CT molecular complexity index is 677. The van der Waals surface area contributed by atoms with Gasteiger partial charge in [0.2, 0.25) is 0 Å². The maximum absolute atomic E-state index is 12.5. The van der Waals surface area contributed by atoms with Gasteiger partial charge < -0.3 is 4.74 Å². The number of esters is 1. The fourth-order valence-electron chi connectivity index (χ4n) is 6.96. The molecule has 27 heavy (non-hydrogen) atoms. The maximum atomic E-state index is 12.5. The summed E-state index contributed by atoms with van der Waals surface area (Å²) in [6, 6.07) is 0. The quantitative estimate of drug-likeness (QED) is 0.492. The molecule has 4 rings (SSSR count). The monoisotopic (exact) mass is 370 g/mol. The van der Waals surface area contributed by atoms with E-state index in [1.165, 1.54) is 12.0 Å². The molecular weight excluding hydrogens is 336 g/mol. The number of fused-ring (bicyclic) bond motifs is 5. The lowest BCUT2D eigenvalue weighted by atomic mass is 9.48. The van der Waals surface area contributed by atoms with E-state index >= 15 is 0 Å². The SMILES string of the molecule is C=CCCC(=O)O[C@H]1CC[C@@]2(C)C(=CC[C@@H]3[C@@H]2CC[C@]2(C)C(=O)CC[C@@H]32)C1. The molecule has 0 amide bonds. The normalized spacial score (nSPS) is 43.2. The van der Waals surface area contributed by atoms with Gasteiger partial charge in [0, 0.05) is 24.7 Å². The fraction of sp³-hybridized carbons (Fsp3) is 0.750. The van der Waals surface area contributed by atoms with Gasteiger partial charge in [0.25, 0.3) is 0 Å². The number of allylic oxidation sites excluding steroid dienone is 2. The topological polar surface area (TPSA) is 43.4 Å². The largest absolute Gasteiger partial charge is 0.462 e. The Morgan fingerprint density at radius 3 is 2.74 bits per heavy atom. The third-order valence-electron chi connectivity index (χ3n) is 8.62. The first-order valence-corrected chi connectivity index (χ1v) is 10.9. The molecule has 0 spiro atoms. The number of carbonyl (C=O) groups is 2. The van der Waals surface area contributed by atoms with Gasteiger partial charge >= 0.3 is 5.97 Å². The van der Waals surface area contributed by atoms with Gasteiger partial charge in [0.05, 0.1) is 0 Å². The highest BCUT2D eigenvalue weighted by molar-refractivity contribution is 5.87. The van der Waals surface area contributed by atoms with Crippen molar-refractivity contribution in [3.05, 3.63) is 24.3 Å². The highest BCUT2D eigenvalue weighted by atomic mass is 16.5. The summed E-state index contributed by atoms with van der Waals surface area (Å²) >= 11 is 0. The van der Waals surface area contributed by atoms with Crippen LogP contribution in [-0.4, -0.2) is 17.9 Å². The van der Waals surface area contributed by atoms with Crippen molar-refractivity contribution in [2.45, 2.75) is 84.2 Å². The Balaban J connectivity index is 1.49. The molecule has 0 aromatic rings. The molecule has 0 aliphatic heterocycles. The molecule has 0 bridgehead atoms. The number of ether oxygens (including phenoxy) is 1. The predicted octanol–water partition coefficient (Wildman–Crippen LogP) is 5.40. The average molecular weight is 371 g/mol. The molecule has 3 nitrogen and oxygen atoms in total. The van der Waals surface area contributed by atoms with E-state index in [1.54, 1.807) is 6.08 Å². The molecule has 3 heteroatoms. The summed E-state index contributed by atoms with van der Waals surface area (Å²) in [7, 11) is 0. The van der Waals surface area contributed by atoms with Crippen LogP contribution in [0, 0.1) is 28.6 Å². The van der Waals surface area contributed by atoms with Crippen LogP contribution in [-0.2, 0) is 14.3 Å². The Kier molecular flexibility index (Phi) is 4.84. The molecule has 148 valence electrons. The van der Waals surface area contributed by atoms with Crippen molar-refractivity contribution >= 4 is 11.8 Å². The van der Waals surface area contributed by atoms with Gasteiger partial charge in [-0.25, -0.2) is 0 Å². The first-order valence-electron chi connectivity index (χ1n) is 10.9. The van der Waals surface area contributed by atoms with Crippen molar-refractivity contribution in [3.63, 3.8) is 0 Å². The van der Waals surface area contributed by atoms with E-state index in [0.717, 1.165) is 44.9 Å². The number of Topliss-reactive ketones (excluding diaryl/α,β-unsaturated/α-hetero) is 1. The minimum absolute atomic E-state index is 0.0418. The number of ketones is 1. The molecule has 0 saturated heterocycles. The van der Waals surface area contributed by atoms with E-state index in [9.17, 15) is 9.59 Å².